The molecule has 0 aliphatic carbocycles. The van der Waals surface area contributed by atoms with Crippen LogP contribution in [-0.4, -0.2) is 37.7 Å². The van der Waals surface area contributed by atoms with Crippen LogP contribution in [0.2, 0.25) is 0 Å². The average Bonchev–Trinajstić information content (AvgIpc) is 3.21. The van der Waals surface area contributed by atoms with Crippen molar-refractivity contribution >= 4 is 11.9 Å². The highest BCUT2D eigenvalue weighted by Gasteiger charge is 2.34. The van der Waals surface area contributed by atoms with Gasteiger partial charge in [-0.25, -0.2) is 9.48 Å². The topological polar surface area (TPSA) is 75.4 Å². The molecule has 1 unspecified atom stereocenters. The number of rotatable bonds is 3. The summed E-state index contributed by atoms with van der Waals surface area (Å²) in [7, 11) is 0. The van der Waals surface area contributed by atoms with Gasteiger partial charge in [-0.15, -0.1) is 0 Å². The first kappa shape index (κ1) is 16.1. The van der Waals surface area contributed by atoms with E-state index in [-0.39, 0.29) is 12.5 Å². The molecular weight excluding hydrogens is 330 g/mol. The zero-order valence-electron chi connectivity index (χ0n) is 13.9. The van der Waals surface area contributed by atoms with Crippen LogP contribution < -0.4 is 0 Å². The van der Waals surface area contributed by atoms with Gasteiger partial charge in [0.15, 0.2) is 0 Å². The fourth-order valence-electron chi connectivity index (χ4n) is 3.33. The molecule has 130 valence electrons. The Morgan fingerprint density at radius 3 is 2.58 bits per heavy atom. The summed E-state index contributed by atoms with van der Waals surface area (Å²) < 4.78 is 1.66. The van der Waals surface area contributed by atoms with Crippen LogP contribution in [0.1, 0.15) is 21.5 Å². The molecule has 0 radical (unpaired) electrons. The molecule has 26 heavy (non-hydrogen) atoms. The summed E-state index contributed by atoms with van der Waals surface area (Å²) in [6.07, 6.45) is 3.77. The van der Waals surface area contributed by atoms with Crippen molar-refractivity contribution < 1.29 is 14.7 Å². The Balaban J connectivity index is 1.68. The summed E-state index contributed by atoms with van der Waals surface area (Å²) in [6.45, 7) is 0.290. The van der Waals surface area contributed by atoms with Crippen LogP contribution in [0.3, 0.4) is 0 Å². The fourth-order valence-corrected chi connectivity index (χ4v) is 3.33. The predicted octanol–water partition coefficient (Wildman–Crippen LogP) is 2.52. The molecular formula is C20H17N3O3. The predicted molar refractivity (Wildman–Crippen MR) is 95.0 cm³/mol. The SMILES string of the molecule is O=C(O)C1Cc2ccccc2CN1C(=O)c1cccc(-n2cccn2)c1. The van der Waals surface area contributed by atoms with Crippen LogP contribution in [-0.2, 0) is 17.8 Å². The first-order valence-electron chi connectivity index (χ1n) is 8.34. The largest absolute Gasteiger partial charge is 0.480 e. The Morgan fingerprint density at radius 2 is 1.85 bits per heavy atom. The number of carboxylic acids is 1. The summed E-state index contributed by atoms with van der Waals surface area (Å²) in [4.78, 5) is 26.3. The van der Waals surface area contributed by atoms with Gasteiger partial charge in [-0.3, -0.25) is 4.79 Å². The molecule has 0 saturated carbocycles. The number of carbonyl (C=O) groups excluding carboxylic acids is 1. The van der Waals surface area contributed by atoms with Crippen molar-refractivity contribution in [1.82, 2.24) is 14.7 Å². The van der Waals surface area contributed by atoms with E-state index in [1.54, 1.807) is 41.3 Å². The molecule has 1 aliphatic rings. The summed E-state index contributed by atoms with van der Waals surface area (Å²) >= 11 is 0. The Kier molecular flexibility index (Phi) is 4.01. The number of hydrogen-bond acceptors (Lipinski definition) is 3. The zero-order valence-corrected chi connectivity index (χ0v) is 13.9. The van der Waals surface area contributed by atoms with Crippen molar-refractivity contribution in [1.29, 1.82) is 0 Å². The highest BCUT2D eigenvalue weighted by molar-refractivity contribution is 5.97. The summed E-state index contributed by atoms with van der Waals surface area (Å²) in [5.74, 6) is -1.28. The maximum absolute atomic E-state index is 13.1. The standard InChI is InChI=1S/C20H17N3O3/c24-19(15-7-3-8-17(11-15)23-10-4-9-21-23)22-13-16-6-2-1-5-14(16)12-18(22)20(25)26/h1-11,18H,12-13H2,(H,25,26). The molecule has 0 fully saturated rings. The molecule has 3 aromatic rings. The number of fused-ring (bicyclic) bond motifs is 1. The molecule has 0 spiro atoms. The number of carbonyl (C=O) groups is 2. The van der Waals surface area contributed by atoms with Crippen LogP contribution >= 0.6 is 0 Å². The van der Waals surface area contributed by atoms with Crippen molar-refractivity contribution in [3.05, 3.63) is 83.7 Å². The molecule has 1 atom stereocenters. The van der Waals surface area contributed by atoms with Gasteiger partial charge in [0.1, 0.15) is 6.04 Å². The monoisotopic (exact) mass is 347 g/mol. The average molecular weight is 347 g/mol. The van der Waals surface area contributed by atoms with E-state index in [0.29, 0.717) is 12.0 Å². The van der Waals surface area contributed by atoms with E-state index < -0.39 is 12.0 Å². The van der Waals surface area contributed by atoms with Gasteiger partial charge in [0.05, 0.1) is 5.69 Å². The van der Waals surface area contributed by atoms with Gasteiger partial charge < -0.3 is 10.0 Å². The lowest BCUT2D eigenvalue weighted by Gasteiger charge is -2.34. The van der Waals surface area contributed by atoms with Crippen molar-refractivity contribution in [2.75, 3.05) is 0 Å². The molecule has 1 aliphatic heterocycles. The minimum Gasteiger partial charge on any atom is -0.480 e. The molecule has 6 nitrogen and oxygen atoms in total. The van der Waals surface area contributed by atoms with Crippen LogP contribution in [0, 0.1) is 0 Å². The van der Waals surface area contributed by atoms with Crippen molar-refractivity contribution in [2.45, 2.75) is 19.0 Å². The highest BCUT2D eigenvalue weighted by Crippen LogP contribution is 2.25. The number of aliphatic carboxylic acids is 1. The van der Waals surface area contributed by atoms with E-state index in [2.05, 4.69) is 5.10 Å². The number of nitrogens with zero attached hydrogens (tertiary/aromatic N) is 3. The molecule has 0 bridgehead atoms. The molecule has 1 aromatic heterocycles. The Labute approximate surface area is 150 Å². The fraction of sp³-hybridized carbons (Fsp3) is 0.150. The van der Waals surface area contributed by atoms with Crippen molar-refractivity contribution in [2.24, 2.45) is 0 Å². The molecule has 1 N–H and O–H groups in total. The van der Waals surface area contributed by atoms with Gasteiger partial charge in [0.25, 0.3) is 5.91 Å². The van der Waals surface area contributed by atoms with Gasteiger partial charge >= 0.3 is 5.97 Å². The van der Waals surface area contributed by atoms with Crippen LogP contribution in [0.25, 0.3) is 5.69 Å². The molecule has 2 heterocycles. The van der Waals surface area contributed by atoms with E-state index in [1.807, 2.05) is 30.3 Å². The second kappa shape index (κ2) is 6.48. The first-order valence-corrected chi connectivity index (χ1v) is 8.34. The van der Waals surface area contributed by atoms with Crippen LogP contribution in [0.15, 0.2) is 67.0 Å². The van der Waals surface area contributed by atoms with E-state index in [0.717, 1.165) is 16.8 Å². The Morgan fingerprint density at radius 1 is 1.04 bits per heavy atom. The summed E-state index contributed by atoms with van der Waals surface area (Å²) in [6, 6.07) is 15.6. The number of hydrogen-bond donors (Lipinski definition) is 1. The minimum absolute atomic E-state index is 0.290. The quantitative estimate of drug-likeness (QED) is 0.790. The van der Waals surface area contributed by atoms with Gasteiger partial charge in [0.2, 0.25) is 0 Å². The van der Waals surface area contributed by atoms with Crippen molar-refractivity contribution in [3.8, 4) is 5.69 Å². The normalized spacial score (nSPS) is 16.2. The third kappa shape index (κ3) is 2.86. The van der Waals surface area contributed by atoms with Crippen LogP contribution in [0.5, 0.6) is 0 Å². The van der Waals surface area contributed by atoms with E-state index in [9.17, 15) is 14.7 Å². The van der Waals surface area contributed by atoms with Crippen LogP contribution in [0.4, 0.5) is 0 Å². The number of carboxylic acid groups (broad SMARTS) is 1. The third-order valence-corrected chi connectivity index (χ3v) is 4.66. The first-order chi connectivity index (χ1) is 12.6. The van der Waals surface area contributed by atoms with Gasteiger partial charge in [-0.1, -0.05) is 30.3 Å². The van der Waals surface area contributed by atoms with Crippen molar-refractivity contribution in [3.63, 3.8) is 0 Å². The highest BCUT2D eigenvalue weighted by atomic mass is 16.4. The second-order valence-corrected chi connectivity index (χ2v) is 6.26. The van der Waals surface area contributed by atoms with Gasteiger partial charge in [0, 0.05) is 30.9 Å². The smallest absolute Gasteiger partial charge is 0.326 e. The minimum atomic E-state index is -0.990. The second-order valence-electron chi connectivity index (χ2n) is 6.26. The van der Waals surface area contributed by atoms with Gasteiger partial charge in [-0.2, -0.15) is 5.10 Å². The lowest BCUT2D eigenvalue weighted by molar-refractivity contribution is -0.142. The zero-order chi connectivity index (χ0) is 18.1. The molecule has 0 saturated heterocycles. The Hall–Kier alpha value is -3.41. The van der Waals surface area contributed by atoms with Gasteiger partial charge in [-0.05, 0) is 35.4 Å². The molecule has 4 rings (SSSR count). The maximum atomic E-state index is 13.1. The summed E-state index contributed by atoms with van der Waals surface area (Å²) in [5.41, 5.74) is 3.17. The Bertz CT molecular complexity index is 966. The maximum Gasteiger partial charge on any atom is 0.326 e. The number of benzene rings is 2. The summed E-state index contributed by atoms with van der Waals surface area (Å²) in [5, 5.41) is 13.8. The number of aromatic nitrogens is 2. The molecule has 6 heteroatoms. The van der Waals surface area contributed by atoms with E-state index in [4.69, 9.17) is 0 Å². The number of amides is 1. The lowest BCUT2D eigenvalue weighted by atomic mass is 9.93. The van der Waals surface area contributed by atoms with E-state index in [1.165, 1.54) is 4.90 Å². The lowest BCUT2D eigenvalue weighted by Crippen LogP contribution is -2.48. The van der Waals surface area contributed by atoms with E-state index >= 15 is 0 Å². The third-order valence-electron chi connectivity index (χ3n) is 4.66. The molecule has 2 aromatic carbocycles. The molecule has 1 amide bonds.